The molecule has 2 bridgehead atoms. The van der Waals surface area contributed by atoms with Crippen LogP contribution < -0.4 is 15.2 Å². The van der Waals surface area contributed by atoms with Gasteiger partial charge in [-0.3, -0.25) is 24.2 Å². The average molecular weight is 494 g/mol. The van der Waals surface area contributed by atoms with E-state index in [2.05, 4.69) is 0 Å². The van der Waals surface area contributed by atoms with Gasteiger partial charge < -0.3 is 14.2 Å². The van der Waals surface area contributed by atoms with Crippen LogP contribution in [-0.4, -0.2) is 72.5 Å². The molecule has 0 radical (unpaired) electrons. The minimum absolute atomic E-state index is 0.0250. The highest BCUT2D eigenvalue weighted by Crippen LogP contribution is 2.34. The van der Waals surface area contributed by atoms with Crippen molar-refractivity contribution < 1.29 is 24.0 Å². The number of carbonyl (C=O) groups excluding carboxylic acids is 3. The summed E-state index contributed by atoms with van der Waals surface area (Å²) in [6, 6.07) is 12.3. The fraction of sp³-hybridized carbons (Fsp3) is 0.481. The van der Waals surface area contributed by atoms with Crippen molar-refractivity contribution >= 4 is 17.8 Å². The van der Waals surface area contributed by atoms with Gasteiger partial charge in [0.15, 0.2) is 5.41 Å². The zero-order valence-electron chi connectivity index (χ0n) is 21.0. The lowest BCUT2D eigenvalue weighted by atomic mass is 9.75. The van der Waals surface area contributed by atoms with Gasteiger partial charge in [0, 0.05) is 50.7 Å². The standard InChI is InChI=1S/C27H32N4O5/c1-4-36-21-10-8-18(9-11-21)13-27(24(33)28(2)26(35)29(3)25(27)34)17-30-14-19-12-20(16-30)22-6-5-7-23(32)31(22)15-19/h5-11,19-20H,4,12-17H2,1-3H3/p+1/t19-,20-/m1/s1. The molecule has 1 N–H and O–H groups in total. The number of carbonyl (C=O) groups is 3. The lowest BCUT2D eigenvalue weighted by Gasteiger charge is -2.46. The molecule has 9 heteroatoms. The zero-order chi connectivity index (χ0) is 25.6. The molecule has 2 saturated heterocycles. The number of benzene rings is 1. The SMILES string of the molecule is CCOc1ccc(CC2(C[NH+]3C[C@H]4C[C@H](C3)c3cccc(=O)n3C4)C(=O)N(C)C(=O)N(C)C2=O)cc1. The fourth-order valence-corrected chi connectivity index (χ4v) is 6.41. The lowest BCUT2D eigenvalue weighted by molar-refractivity contribution is -0.915. The molecule has 1 unspecified atom stereocenters. The molecule has 0 spiro atoms. The van der Waals surface area contributed by atoms with E-state index in [9.17, 15) is 19.2 Å². The van der Waals surface area contributed by atoms with Crippen LogP contribution in [0.5, 0.6) is 5.75 Å². The molecular formula is C27H33N4O5+. The van der Waals surface area contributed by atoms with E-state index < -0.39 is 23.3 Å². The third-order valence-corrected chi connectivity index (χ3v) is 7.97. The Hall–Kier alpha value is -3.46. The van der Waals surface area contributed by atoms with Crippen LogP contribution in [-0.2, 0) is 22.6 Å². The van der Waals surface area contributed by atoms with Crippen LogP contribution in [0.25, 0.3) is 0 Å². The second-order valence-electron chi connectivity index (χ2n) is 10.4. The first kappa shape index (κ1) is 24.2. The number of aromatic nitrogens is 1. The topological polar surface area (TPSA) is 93.4 Å². The Balaban J connectivity index is 1.48. The maximum atomic E-state index is 13.7. The van der Waals surface area contributed by atoms with E-state index in [1.807, 2.05) is 41.8 Å². The first-order chi connectivity index (χ1) is 17.2. The number of amides is 4. The van der Waals surface area contributed by atoms with Gasteiger partial charge >= 0.3 is 6.03 Å². The van der Waals surface area contributed by atoms with Crippen molar-refractivity contribution in [2.45, 2.75) is 32.2 Å². The van der Waals surface area contributed by atoms with Gasteiger partial charge in [0.05, 0.1) is 19.7 Å². The molecule has 4 amide bonds. The van der Waals surface area contributed by atoms with Crippen LogP contribution in [0.4, 0.5) is 4.79 Å². The van der Waals surface area contributed by atoms with Crippen molar-refractivity contribution in [1.82, 2.24) is 14.4 Å². The summed E-state index contributed by atoms with van der Waals surface area (Å²) in [4.78, 5) is 55.8. The Morgan fingerprint density at radius 2 is 1.67 bits per heavy atom. The van der Waals surface area contributed by atoms with Crippen LogP contribution in [0.1, 0.15) is 30.5 Å². The predicted octanol–water partition coefficient (Wildman–Crippen LogP) is 0.529. The Bertz CT molecular complexity index is 1230. The second-order valence-corrected chi connectivity index (χ2v) is 10.4. The van der Waals surface area contributed by atoms with Crippen molar-refractivity contribution in [2.75, 3.05) is 40.3 Å². The molecule has 9 nitrogen and oxygen atoms in total. The molecule has 36 heavy (non-hydrogen) atoms. The molecule has 1 aromatic carbocycles. The van der Waals surface area contributed by atoms with Gasteiger partial charge in [0.25, 0.3) is 17.4 Å². The van der Waals surface area contributed by atoms with Gasteiger partial charge in [-0.15, -0.1) is 0 Å². The molecular weight excluding hydrogens is 460 g/mol. The van der Waals surface area contributed by atoms with E-state index in [4.69, 9.17) is 4.74 Å². The summed E-state index contributed by atoms with van der Waals surface area (Å²) in [5.41, 5.74) is 0.506. The Kier molecular flexibility index (Phi) is 6.20. The first-order valence-electron chi connectivity index (χ1n) is 12.6. The molecule has 2 fully saturated rings. The molecule has 3 aliphatic heterocycles. The Morgan fingerprint density at radius 1 is 0.972 bits per heavy atom. The largest absolute Gasteiger partial charge is 0.494 e. The van der Waals surface area contributed by atoms with E-state index in [0.717, 1.165) is 51.2 Å². The van der Waals surface area contributed by atoms with Crippen LogP contribution >= 0.6 is 0 Å². The van der Waals surface area contributed by atoms with E-state index in [1.165, 1.54) is 14.1 Å². The number of pyridine rings is 1. The Labute approximate surface area is 210 Å². The molecule has 3 atom stereocenters. The number of fused-ring (bicyclic) bond motifs is 4. The van der Waals surface area contributed by atoms with Gasteiger partial charge in [-0.2, -0.15) is 0 Å². The number of hydrogen-bond donors (Lipinski definition) is 1. The second kappa shape index (κ2) is 9.20. The molecule has 2 aromatic rings. The summed E-state index contributed by atoms with van der Waals surface area (Å²) in [5, 5.41) is 0. The summed E-state index contributed by atoms with van der Waals surface area (Å²) in [5.74, 6) is 0.299. The first-order valence-corrected chi connectivity index (χ1v) is 12.6. The van der Waals surface area contributed by atoms with Crippen molar-refractivity contribution in [3.05, 3.63) is 64.1 Å². The Morgan fingerprint density at radius 3 is 2.33 bits per heavy atom. The van der Waals surface area contributed by atoms with Crippen molar-refractivity contribution in [1.29, 1.82) is 0 Å². The van der Waals surface area contributed by atoms with Gasteiger partial charge in [-0.05, 0) is 37.1 Å². The molecule has 1 aromatic heterocycles. The van der Waals surface area contributed by atoms with Crippen LogP contribution in [0, 0.1) is 11.3 Å². The van der Waals surface area contributed by atoms with E-state index in [1.54, 1.807) is 12.1 Å². The monoisotopic (exact) mass is 493 g/mol. The van der Waals surface area contributed by atoms with Crippen LogP contribution in [0.2, 0.25) is 0 Å². The highest BCUT2D eigenvalue weighted by molar-refractivity contribution is 6.19. The lowest BCUT2D eigenvalue weighted by Crippen LogP contribution is -3.16. The number of hydrogen-bond acceptors (Lipinski definition) is 5. The summed E-state index contributed by atoms with van der Waals surface area (Å²) in [6.07, 6.45) is 1.20. The number of likely N-dealkylation sites (tertiary alicyclic amines) is 1. The smallest absolute Gasteiger partial charge is 0.332 e. The van der Waals surface area contributed by atoms with E-state index in [-0.39, 0.29) is 17.9 Å². The number of ether oxygens (including phenoxy) is 1. The number of urea groups is 1. The normalized spacial score (nSPS) is 25.1. The molecule has 5 rings (SSSR count). The highest BCUT2D eigenvalue weighted by Gasteiger charge is 2.58. The number of nitrogens with zero attached hydrogens (tertiary/aromatic N) is 3. The van der Waals surface area contributed by atoms with Crippen LogP contribution in [0.15, 0.2) is 47.3 Å². The number of quaternary nitrogens is 1. The van der Waals surface area contributed by atoms with E-state index >= 15 is 0 Å². The predicted molar refractivity (Wildman–Crippen MR) is 132 cm³/mol. The van der Waals surface area contributed by atoms with E-state index in [0.29, 0.717) is 25.6 Å². The molecule has 0 saturated carbocycles. The van der Waals surface area contributed by atoms with Crippen molar-refractivity contribution in [2.24, 2.45) is 11.3 Å². The van der Waals surface area contributed by atoms with Gasteiger partial charge in [-0.25, -0.2) is 4.79 Å². The number of nitrogens with one attached hydrogen (secondary N) is 1. The summed E-state index contributed by atoms with van der Waals surface area (Å²) in [7, 11) is 2.90. The molecule has 3 aliphatic rings. The summed E-state index contributed by atoms with van der Waals surface area (Å²) >= 11 is 0. The summed E-state index contributed by atoms with van der Waals surface area (Å²) < 4.78 is 7.42. The van der Waals surface area contributed by atoms with Crippen molar-refractivity contribution in [3.63, 3.8) is 0 Å². The number of rotatable bonds is 6. The zero-order valence-corrected chi connectivity index (χ0v) is 21.0. The van der Waals surface area contributed by atoms with Crippen molar-refractivity contribution in [3.8, 4) is 5.75 Å². The number of barbiturate groups is 1. The van der Waals surface area contributed by atoms with Crippen LogP contribution in [0.3, 0.4) is 0 Å². The minimum atomic E-state index is -1.39. The maximum absolute atomic E-state index is 13.7. The average Bonchev–Trinajstić information content (AvgIpc) is 2.87. The molecule has 0 aliphatic carbocycles. The van der Waals surface area contributed by atoms with Gasteiger partial charge in [-0.1, -0.05) is 18.2 Å². The highest BCUT2D eigenvalue weighted by atomic mass is 16.5. The minimum Gasteiger partial charge on any atom is -0.494 e. The maximum Gasteiger partial charge on any atom is 0.332 e. The quantitative estimate of drug-likeness (QED) is 0.593. The third-order valence-electron chi connectivity index (χ3n) is 7.97. The van der Waals surface area contributed by atoms with Gasteiger partial charge in [0.2, 0.25) is 0 Å². The fourth-order valence-electron chi connectivity index (χ4n) is 6.41. The number of piperidine rings is 1. The third kappa shape index (κ3) is 4.01. The summed E-state index contributed by atoms with van der Waals surface area (Å²) in [6.45, 7) is 4.91. The molecule has 190 valence electrons. The number of imide groups is 2. The molecule has 4 heterocycles. The van der Waals surface area contributed by atoms with Gasteiger partial charge in [0.1, 0.15) is 12.3 Å².